The SMILES string of the molecule is C=C/C=C(/OC[C@H]1CCCN1C(=O)NCC)C1=C(C)NS(=O)(=O)N=C1N. The quantitative estimate of drug-likeness (QED) is 0.461. The zero-order chi connectivity index (χ0) is 19.3. The van der Waals surface area contributed by atoms with Crippen LogP contribution in [0.2, 0.25) is 0 Å². The van der Waals surface area contributed by atoms with E-state index in [4.69, 9.17) is 10.5 Å². The van der Waals surface area contributed by atoms with Gasteiger partial charge in [-0.3, -0.25) is 4.72 Å². The van der Waals surface area contributed by atoms with Gasteiger partial charge in [0.15, 0.2) is 5.84 Å². The maximum Gasteiger partial charge on any atom is 0.343 e. The standard InChI is InChI=1S/C16H25N5O4S/c1-4-7-13(14-11(3)19-26(23,24)20-15(14)17)25-10-12-8-6-9-21(12)16(22)18-5-2/h4,7,12,19H,1,5-6,8-10H2,2-3H3,(H2,17,20)(H,18,22)/b13-7+/t12-/m1/s1. The van der Waals surface area contributed by atoms with Crippen molar-refractivity contribution in [3.05, 3.63) is 35.8 Å². The summed E-state index contributed by atoms with van der Waals surface area (Å²) in [7, 11) is -3.83. The van der Waals surface area contributed by atoms with Crippen LogP contribution in [0.25, 0.3) is 0 Å². The summed E-state index contributed by atoms with van der Waals surface area (Å²) >= 11 is 0. The molecule has 1 atom stereocenters. The summed E-state index contributed by atoms with van der Waals surface area (Å²) in [5.74, 6) is 0.199. The van der Waals surface area contributed by atoms with Crippen LogP contribution < -0.4 is 15.8 Å². The molecule has 0 spiro atoms. The Morgan fingerprint density at radius 1 is 1.58 bits per heavy atom. The molecule has 2 heterocycles. The Balaban J connectivity index is 2.15. The van der Waals surface area contributed by atoms with E-state index in [0.717, 1.165) is 12.8 Å². The highest BCUT2D eigenvalue weighted by Gasteiger charge is 2.30. The van der Waals surface area contributed by atoms with E-state index in [1.54, 1.807) is 17.9 Å². The molecule has 4 N–H and O–H groups in total. The predicted octanol–water partition coefficient (Wildman–Crippen LogP) is 0.746. The topological polar surface area (TPSA) is 126 Å². The number of rotatable bonds is 6. The Bertz CT molecular complexity index is 770. The number of ether oxygens (including phenoxy) is 1. The van der Waals surface area contributed by atoms with Crippen molar-refractivity contribution in [2.75, 3.05) is 19.7 Å². The Morgan fingerprint density at radius 3 is 2.92 bits per heavy atom. The number of allylic oxidation sites excluding steroid dienone is 3. The fraction of sp³-hybridized carbons (Fsp3) is 0.500. The number of carbonyl (C=O) groups excluding carboxylic acids is 1. The number of hydrogen-bond donors (Lipinski definition) is 3. The lowest BCUT2D eigenvalue weighted by atomic mass is 10.1. The summed E-state index contributed by atoms with van der Waals surface area (Å²) in [4.78, 5) is 13.9. The molecular weight excluding hydrogens is 358 g/mol. The number of amidine groups is 1. The summed E-state index contributed by atoms with van der Waals surface area (Å²) in [6.07, 6.45) is 4.83. The van der Waals surface area contributed by atoms with E-state index < -0.39 is 10.2 Å². The summed E-state index contributed by atoms with van der Waals surface area (Å²) < 4.78 is 34.9. The molecule has 2 amide bonds. The fourth-order valence-electron chi connectivity index (χ4n) is 2.97. The highest BCUT2D eigenvalue weighted by molar-refractivity contribution is 7.88. The normalized spacial score (nSPS) is 22.5. The zero-order valence-electron chi connectivity index (χ0n) is 15.0. The van der Waals surface area contributed by atoms with Crippen molar-refractivity contribution in [2.45, 2.75) is 32.7 Å². The third-order valence-corrected chi connectivity index (χ3v) is 5.05. The highest BCUT2D eigenvalue weighted by atomic mass is 32.2. The third-order valence-electron chi connectivity index (χ3n) is 4.04. The number of nitrogens with two attached hydrogens (primary N) is 1. The monoisotopic (exact) mass is 383 g/mol. The number of urea groups is 1. The molecule has 0 aromatic heterocycles. The van der Waals surface area contributed by atoms with Gasteiger partial charge in [-0.05, 0) is 32.8 Å². The van der Waals surface area contributed by atoms with E-state index >= 15 is 0 Å². The van der Waals surface area contributed by atoms with Gasteiger partial charge < -0.3 is 20.7 Å². The Labute approximate surface area is 153 Å². The van der Waals surface area contributed by atoms with Gasteiger partial charge in [0.25, 0.3) is 0 Å². The number of hydrogen-bond acceptors (Lipinski definition) is 5. The van der Waals surface area contributed by atoms with Gasteiger partial charge in [0, 0.05) is 18.8 Å². The minimum atomic E-state index is -3.83. The van der Waals surface area contributed by atoms with Crippen molar-refractivity contribution in [2.24, 2.45) is 10.1 Å². The van der Waals surface area contributed by atoms with Gasteiger partial charge in [0.05, 0.1) is 11.6 Å². The van der Waals surface area contributed by atoms with Crippen molar-refractivity contribution in [3.63, 3.8) is 0 Å². The van der Waals surface area contributed by atoms with E-state index in [9.17, 15) is 13.2 Å². The number of nitrogens with one attached hydrogen (secondary N) is 2. The van der Waals surface area contributed by atoms with Gasteiger partial charge in [-0.25, -0.2) is 4.79 Å². The second-order valence-electron chi connectivity index (χ2n) is 5.96. The summed E-state index contributed by atoms with van der Waals surface area (Å²) in [6, 6.07) is -0.191. The minimum Gasteiger partial charge on any atom is -0.491 e. The molecule has 2 aliphatic rings. The van der Waals surface area contributed by atoms with E-state index in [1.165, 1.54) is 6.08 Å². The van der Waals surface area contributed by atoms with Crippen molar-refractivity contribution in [3.8, 4) is 0 Å². The van der Waals surface area contributed by atoms with Crippen LogP contribution in [-0.4, -0.2) is 50.9 Å². The van der Waals surface area contributed by atoms with Crippen LogP contribution >= 0.6 is 0 Å². The third kappa shape index (κ3) is 4.57. The maximum atomic E-state index is 12.1. The Kier molecular flexibility index (Phi) is 6.30. The second-order valence-corrected chi connectivity index (χ2v) is 7.29. The summed E-state index contributed by atoms with van der Waals surface area (Å²) in [6.45, 7) is 8.58. The number of nitrogens with zero attached hydrogens (tertiary/aromatic N) is 2. The van der Waals surface area contributed by atoms with Crippen LogP contribution in [0, 0.1) is 0 Å². The molecule has 1 saturated heterocycles. The minimum absolute atomic E-state index is 0.0749. The van der Waals surface area contributed by atoms with Crippen LogP contribution in [-0.2, 0) is 14.9 Å². The molecular formula is C16H25N5O4S. The molecule has 9 nitrogen and oxygen atoms in total. The second kappa shape index (κ2) is 8.26. The molecule has 0 bridgehead atoms. The summed E-state index contributed by atoms with van der Waals surface area (Å²) in [5, 5.41) is 2.79. The van der Waals surface area contributed by atoms with Gasteiger partial charge in [-0.2, -0.15) is 8.42 Å². The van der Waals surface area contributed by atoms with Crippen molar-refractivity contribution in [1.29, 1.82) is 0 Å². The first-order chi connectivity index (χ1) is 12.3. The Hall–Kier alpha value is -2.49. The van der Waals surface area contributed by atoms with Gasteiger partial charge in [0.2, 0.25) is 0 Å². The van der Waals surface area contributed by atoms with E-state index in [2.05, 4.69) is 21.0 Å². The van der Waals surface area contributed by atoms with Crippen molar-refractivity contribution >= 4 is 22.1 Å². The average Bonchev–Trinajstić information content (AvgIpc) is 2.99. The molecule has 0 unspecified atom stereocenters. The van der Waals surface area contributed by atoms with Crippen LogP contribution in [0.4, 0.5) is 4.79 Å². The maximum absolute atomic E-state index is 12.1. The zero-order valence-corrected chi connectivity index (χ0v) is 15.8. The predicted molar refractivity (Wildman–Crippen MR) is 99.4 cm³/mol. The van der Waals surface area contributed by atoms with Gasteiger partial charge in [0.1, 0.15) is 12.4 Å². The molecule has 0 saturated carbocycles. The van der Waals surface area contributed by atoms with Gasteiger partial charge in [-0.1, -0.05) is 12.7 Å². The van der Waals surface area contributed by atoms with Crippen LogP contribution in [0.15, 0.2) is 40.2 Å². The first-order valence-electron chi connectivity index (χ1n) is 8.38. The molecule has 144 valence electrons. The van der Waals surface area contributed by atoms with Crippen LogP contribution in [0.5, 0.6) is 0 Å². The molecule has 10 heteroatoms. The Morgan fingerprint density at radius 2 is 2.31 bits per heavy atom. The molecule has 26 heavy (non-hydrogen) atoms. The average molecular weight is 383 g/mol. The molecule has 0 aromatic carbocycles. The van der Waals surface area contributed by atoms with Gasteiger partial charge in [-0.15, -0.1) is 4.40 Å². The lowest BCUT2D eigenvalue weighted by molar-refractivity contribution is 0.135. The lowest BCUT2D eigenvalue weighted by Crippen LogP contribution is -2.44. The van der Waals surface area contributed by atoms with E-state index in [1.807, 2.05) is 6.92 Å². The van der Waals surface area contributed by atoms with Crippen molar-refractivity contribution < 1.29 is 17.9 Å². The lowest BCUT2D eigenvalue weighted by Gasteiger charge is -2.26. The van der Waals surface area contributed by atoms with Crippen molar-refractivity contribution in [1.82, 2.24) is 14.9 Å². The first kappa shape index (κ1) is 19.8. The highest BCUT2D eigenvalue weighted by Crippen LogP contribution is 2.23. The largest absolute Gasteiger partial charge is 0.491 e. The molecule has 0 aromatic rings. The summed E-state index contributed by atoms with van der Waals surface area (Å²) in [5.41, 5.74) is 6.50. The van der Waals surface area contributed by atoms with E-state index in [-0.39, 0.29) is 24.5 Å². The van der Waals surface area contributed by atoms with Gasteiger partial charge >= 0.3 is 16.2 Å². The van der Waals surface area contributed by atoms with Crippen LogP contribution in [0.3, 0.4) is 0 Å². The van der Waals surface area contributed by atoms with E-state index in [0.29, 0.717) is 30.1 Å². The molecule has 1 fully saturated rings. The molecule has 0 radical (unpaired) electrons. The molecule has 2 aliphatic heterocycles. The number of likely N-dealkylation sites (tertiary alicyclic amines) is 1. The number of amides is 2. The smallest absolute Gasteiger partial charge is 0.343 e. The van der Waals surface area contributed by atoms with Crippen LogP contribution in [0.1, 0.15) is 26.7 Å². The first-order valence-corrected chi connectivity index (χ1v) is 9.82. The number of carbonyl (C=O) groups is 1. The fourth-order valence-corrected chi connectivity index (χ4v) is 3.86. The molecule has 2 rings (SSSR count). The molecule has 0 aliphatic carbocycles.